The lowest BCUT2D eigenvalue weighted by atomic mass is 9.81. The smallest absolute Gasteiger partial charge is 0.156 e. The van der Waals surface area contributed by atoms with Gasteiger partial charge in [-0.2, -0.15) is 0 Å². The Bertz CT molecular complexity index is 257. The van der Waals surface area contributed by atoms with E-state index in [0.717, 1.165) is 30.2 Å². The summed E-state index contributed by atoms with van der Waals surface area (Å²) in [5, 5.41) is 5.44. The fourth-order valence-electron chi connectivity index (χ4n) is 2.73. The summed E-state index contributed by atoms with van der Waals surface area (Å²) in [6.45, 7) is 6.79. The van der Waals surface area contributed by atoms with Crippen LogP contribution in [0.3, 0.4) is 0 Å². The average molecular weight is 254 g/mol. The van der Waals surface area contributed by atoms with Gasteiger partial charge in [-0.05, 0) is 24.7 Å². The lowest BCUT2D eigenvalue weighted by Crippen LogP contribution is -2.24. The Balaban J connectivity index is 1.57. The summed E-state index contributed by atoms with van der Waals surface area (Å²) in [6.07, 6.45) is 8.35. The second kappa shape index (κ2) is 6.67. The van der Waals surface area contributed by atoms with Gasteiger partial charge in [0.1, 0.15) is 0 Å². The Morgan fingerprint density at radius 1 is 1.29 bits per heavy atom. The van der Waals surface area contributed by atoms with Crippen LogP contribution in [0.1, 0.15) is 52.4 Å². The minimum atomic E-state index is 0.730. The molecule has 2 aliphatic rings. The van der Waals surface area contributed by atoms with E-state index < -0.39 is 0 Å². The molecule has 0 radical (unpaired) electrons. The molecule has 17 heavy (non-hydrogen) atoms. The average Bonchev–Trinajstić information content (AvgIpc) is 2.80. The van der Waals surface area contributed by atoms with Crippen molar-refractivity contribution in [3.05, 3.63) is 0 Å². The zero-order valence-electron chi connectivity index (χ0n) is 11.2. The van der Waals surface area contributed by atoms with Gasteiger partial charge in [0.05, 0.1) is 6.54 Å². The van der Waals surface area contributed by atoms with Gasteiger partial charge in [0.25, 0.3) is 0 Å². The van der Waals surface area contributed by atoms with Gasteiger partial charge in [-0.1, -0.05) is 51.3 Å². The molecule has 2 rings (SSSR count). The van der Waals surface area contributed by atoms with E-state index in [9.17, 15) is 0 Å². The fourth-order valence-corrected chi connectivity index (χ4v) is 3.69. The van der Waals surface area contributed by atoms with E-state index in [0.29, 0.717) is 0 Å². The molecule has 1 fully saturated rings. The maximum atomic E-state index is 4.55. The van der Waals surface area contributed by atoms with Gasteiger partial charge in [0.2, 0.25) is 0 Å². The third-order valence-corrected chi connectivity index (χ3v) is 5.45. The number of hydrogen-bond acceptors (Lipinski definition) is 3. The molecule has 0 aromatic heterocycles. The molecule has 0 aromatic carbocycles. The summed E-state index contributed by atoms with van der Waals surface area (Å²) >= 11 is 1.94. The van der Waals surface area contributed by atoms with Crippen LogP contribution in [0.25, 0.3) is 0 Å². The summed E-state index contributed by atoms with van der Waals surface area (Å²) in [5.74, 6) is 1.94. The molecular weight excluding hydrogens is 228 g/mol. The number of hydrogen-bond donors (Lipinski definition) is 1. The third-order valence-electron chi connectivity index (χ3n) is 4.14. The van der Waals surface area contributed by atoms with E-state index in [2.05, 4.69) is 24.2 Å². The minimum absolute atomic E-state index is 0.730. The molecule has 1 atom stereocenters. The van der Waals surface area contributed by atoms with Gasteiger partial charge in [-0.3, -0.25) is 4.99 Å². The number of nitrogens with zero attached hydrogens (tertiary/aromatic N) is 1. The van der Waals surface area contributed by atoms with Gasteiger partial charge >= 0.3 is 0 Å². The Morgan fingerprint density at radius 2 is 2.06 bits per heavy atom. The highest BCUT2D eigenvalue weighted by atomic mass is 32.2. The molecule has 0 spiro atoms. The Labute approximate surface area is 110 Å². The van der Waals surface area contributed by atoms with Crippen molar-refractivity contribution in [2.24, 2.45) is 16.8 Å². The molecule has 1 aliphatic carbocycles. The van der Waals surface area contributed by atoms with Gasteiger partial charge in [-0.15, -0.1) is 0 Å². The molecule has 3 heteroatoms. The van der Waals surface area contributed by atoms with E-state index in [4.69, 9.17) is 0 Å². The standard InChI is InChI=1S/C14H26N2S/c1-3-13-10-16-14(17-13)15-9-8-12-6-4-11(2)5-7-12/h11-13H,3-10H2,1-2H3,(H,15,16). The minimum Gasteiger partial charge on any atom is -0.365 e. The first kappa shape index (κ1) is 13.3. The van der Waals surface area contributed by atoms with Crippen LogP contribution in [0.15, 0.2) is 4.99 Å². The number of thioether (sulfide) groups is 1. The van der Waals surface area contributed by atoms with E-state index in [1.54, 1.807) is 0 Å². The highest BCUT2D eigenvalue weighted by molar-refractivity contribution is 8.14. The summed E-state index contributed by atoms with van der Waals surface area (Å²) in [7, 11) is 0. The molecule has 1 N–H and O–H groups in total. The maximum Gasteiger partial charge on any atom is 0.156 e. The number of aliphatic imine (C=N–C) groups is 1. The van der Waals surface area contributed by atoms with Gasteiger partial charge in [0, 0.05) is 11.8 Å². The molecule has 0 bridgehead atoms. The van der Waals surface area contributed by atoms with Crippen LogP contribution in [0, 0.1) is 11.8 Å². The molecule has 1 unspecified atom stereocenters. The number of rotatable bonds is 4. The van der Waals surface area contributed by atoms with Gasteiger partial charge in [0.15, 0.2) is 5.17 Å². The highest BCUT2D eigenvalue weighted by Crippen LogP contribution is 2.30. The van der Waals surface area contributed by atoms with E-state index in [-0.39, 0.29) is 0 Å². The Kier molecular flexibility index (Phi) is 5.20. The van der Waals surface area contributed by atoms with Crippen molar-refractivity contribution in [1.82, 2.24) is 5.32 Å². The summed E-state index contributed by atoms with van der Waals surface area (Å²) in [6, 6.07) is 0. The zero-order valence-corrected chi connectivity index (χ0v) is 12.1. The first-order valence-corrected chi connectivity index (χ1v) is 8.11. The largest absolute Gasteiger partial charge is 0.365 e. The van der Waals surface area contributed by atoms with Crippen molar-refractivity contribution in [3.8, 4) is 0 Å². The monoisotopic (exact) mass is 254 g/mol. The van der Waals surface area contributed by atoms with Crippen molar-refractivity contribution >= 4 is 16.9 Å². The molecule has 0 amide bonds. The van der Waals surface area contributed by atoms with Gasteiger partial charge in [-0.25, -0.2) is 0 Å². The zero-order chi connectivity index (χ0) is 12.1. The SMILES string of the molecule is CCC1CN=C(NCCC2CCC(C)CC2)S1. The third kappa shape index (κ3) is 4.20. The molecule has 1 saturated carbocycles. The molecule has 98 valence electrons. The molecule has 1 heterocycles. The molecule has 0 saturated heterocycles. The lowest BCUT2D eigenvalue weighted by Gasteiger charge is -2.26. The highest BCUT2D eigenvalue weighted by Gasteiger charge is 2.19. The number of amidine groups is 1. The van der Waals surface area contributed by atoms with Crippen molar-refractivity contribution in [2.75, 3.05) is 13.1 Å². The summed E-state index contributed by atoms with van der Waals surface area (Å²) in [5.41, 5.74) is 0. The van der Waals surface area contributed by atoms with Crippen LogP contribution in [0.4, 0.5) is 0 Å². The van der Waals surface area contributed by atoms with E-state index in [1.807, 2.05) is 11.8 Å². The number of nitrogens with one attached hydrogen (secondary N) is 1. The van der Waals surface area contributed by atoms with Crippen molar-refractivity contribution in [2.45, 2.75) is 57.6 Å². The quantitative estimate of drug-likeness (QED) is 0.827. The van der Waals surface area contributed by atoms with Crippen molar-refractivity contribution in [1.29, 1.82) is 0 Å². The maximum absolute atomic E-state index is 4.55. The van der Waals surface area contributed by atoms with Crippen LogP contribution >= 0.6 is 11.8 Å². The van der Waals surface area contributed by atoms with Crippen LogP contribution in [-0.4, -0.2) is 23.5 Å². The second-order valence-electron chi connectivity index (χ2n) is 5.64. The predicted octanol–water partition coefficient (Wildman–Crippen LogP) is 3.67. The first-order chi connectivity index (χ1) is 8.28. The molecular formula is C14H26N2S. The predicted molar refractivity (Wildman–Crippen MR) is 77.7 cm³/mol. The van der Waals surface area contributed by atoms with E-state index >= 15 is 0 Å². The Morgan fingerprint density at radius 3 is 2.71 bits per heavy atom. The van der Waals surface area contributed by atoms with Crippen LogP contribution in [0.5, 0.6) is 0 Å². The molecule has 0 aromatic rings. The Hall–Kier alpha value is -0.180. The molecule has 1 aliphatic heterocycles. The summed E-state index contributed by atoms with van der Waals surface area (Å²) < 4.78 is 0. The fraction of sp³-hybridized carbons (Fsp3) is 0.929. The van der Waals surface area contributed by atoms with Crippen LogP contribution in [0.2, 0.25) is 0 Å². The molecule has 2 nitrogen and oxygen atoms in total. The topological polar surface area (TPSA) is 24.4 Å². The first-order valence-electron chi connectivity index (χ1n) is 7.23. The second-order valence-corrected chi connectivity index (χ2v) is 6.92. The van der Waals surface area contributed by atoms with Gasteiger partial charge < -0.3 is 5.32 Å². The van der Waals surface area contributed by atoms with Crippen LogP contribution in [-0.2, 0) is 0 Å². The van der Waals surface area contributed by atoms with Crippen molar-refractivity contribution < 1.29 is 0 Å². The van der Waals surface area contributed by atoms with Crippen molar-refractivity contribution in [3.63, 3.8) is 0 Å². The van der Waals surface area contributed by atoms with Crippen LogP contribution < -0.4 is 5.32 Å². The normalized spacial score (nSPS) is 33.5. The van der Waals surface area contributed by atoms with E-state index in [1.165, 1.54) is 43.7 Å². The lowest BCUT2D eigenvalue weighted by molar-refractivity contribution is 0.278. The summed E-state index contributed by atoms with van der Waals surface area (Å²) in [4.78, 5) is 4.55.